The van der Waals surface area contributed by atoms with Crippen molar-refractivity contribution >= 4 is 21.7 Å². The van der Waals surface area contributed by atoms with E-state index >= 15 is 0 Å². The number of rotatable bonds is 4. The highest BCUT2D eigenvalue weighted by Gasteiger charge is 2.19. The molecule has 2 aromatic carbocycles. The summed E-state index contributed by atoms with van der Waals surface area (Å²) in [7, 11) is 0. The summed E-state index contributed by atoms with van der Waals surface area (Å²) in [5.41, 5.74) is 3.80. The van der Waals surface area contributed by atoms with Crippen LogP contribution in [0.4, 0.5) is 0 Å². The summed E-state index contributed by atoms with van der Waals surface area (Å²) >= 11 is 3.42. The number of ether oxygens (including phenoxy) is 1. The van der Waals surface area contributed by atoms with E-state index in [2.05, 4.69) is 15.9 Å². The van der Waals surface area contributed by atoms with E-state index in [4.69, 9.17) is 4.74 Å². The second kappa shape index (κ2) is 6.44. The SMILES string of the molecule is Cc1ccc(C)c(C(=O)C(C)Oc2cc(Br)ccc2C)c1. The fourth-order valence-electron chi connectivity index (χ4n) is 2.17. The van der Waals surface area contributed by atoms with Gasteiger partial charge >= 0.3 is 0 Å². The predicted molar refractivity (Wildman–Crippen MR) is 89.2 cm³/mol. The summed E-state index contributed by atoms with van der Waals surface area (Å²) in [5, 5.41) is 0. The lowest BCUT2D eigenvalue weighted by atomic mass is 9.99. The molecule has 0 fully saturated rings. The summed E-state index contributed by atoms with van der Waals surface area (Å²) in [6.45, 7) is 7.70. The summed E-state index contributed by atoms with van der Waals surface area (Å²) in [5.74, 6) is 0.742. The van der Waals surface area contributed by atoms with E-state index in [9.17, 15) is 4.79 Å². The van der Waals surface area contributed by atoms with Crippen LogP contribution >= 0.6 is 15.9 Å². The van der Waals surface area contributed by atoms with Gasteiger partial charge in [0, 0.05) is 10.0 Å². The van der Waals surface area contributed by atoms with Gasteiger partial charge in [-0.25, -0.2) is 0 Å². The Balaban J connectivity index is 2.23. The predicted octanol–water partition coefficient (Wildman–Crippen LogP) is 5.02. The molecule has 21 heavy (non-hydrogen) atoms. The van der Waals surface area contributed by atoms with Crippen LogP contribution < -0.4 is 4.74 Å². The lowest BCUT2D eigenvalue weighted by Crippen LogP contribution is -2.25. The molecule has 2 rings (SSSR count). The minimum absolute atomic E-state index is 0.00979. The number of ketones is 1. The van der Waals surface area contributed by atoms with Gasteiger partial charge in [0.25, 0.3) is 0 Å². The molecular weight excluding hydrogens is 328 g/mol. The van der Waals surface area contributed by atoms with Gasteiger partial charge in [-0.15, -0.1) is 0 Å². The monoisotopic (exact) mass is 346 g/mol. The first-order valence-electron chi connectivity index (χ1n) is 6.93. The molecule has 0 bridgehead atoms. The van der Waals surface area contributed by atoms with Crippen LogP contribution in [0.25, 0.3) is 0 Å². The molecular formula is C18H19BrO2. The van der Waals surface area contributed by atoms with Gasteiger partial charge in [0.15, 0.2) is 6.10 Å². The number of carbonyl (C=O) groups is 1. The Labute approximate surface area is 134 Å². The first kappa shape index (κ1) is 15.8. The molecule has 2 nitrogen and oxygen atoms in total. The maximum atomic E-state index is 12.6. The maximum Gasteiger partial charge on any atom is 0.203 e. The van der Waals surface area contributed by atoms with Crippen molar-refractivity contribution in [2.45, 2.75) is 33.8 Å². The Kier molecular flexibility index (Phi) is 4.84. The lowest BCUT2D eigenvalue weighted by Gasteiger charge is -2.17. The van der Waals surface area contributed by atoms with Crippen molar-refractivity contribution in [1.82, 2.24) is 0 Å². The molecule has 0 spiro atoms. The van der Waals surface area contributed by atoms with Crippen LogP contribution in [0.2, 0.25) is 0 Å². The summed E-state index contributed by atoms with van der Waals surface area (Å²) in [6, 6.07) is 11.7. The molecule has 3 heteroatoms. The normalized spacial score (nSPS) is 12.0. The highest BCUT2D eigenvalue weighted by molar-refractivity contribution is 9.10. The number of carbonyl (C=O) groups excluding carboxylic acids is 1. The van der Waals surface area contributed by atoms with E-state index in [-0.39, 0.29) is 5.78 Å². The van der Waals surface area contributed by atoms with Gasteiger partial charge in [-0.05, 0) is 57.0 Å². The lowest BCUT2D eigenvalue weighted by molar-refractivity contribution is 0.0816. The van der Waals surface area contributed by atoms with Gasteiger partial charge in [0.2, 0.25) is 5.78 Å². The summed E-state index contributed by atoms with van der Waals surface area (Å²) in [6.07, 6.45) is -0.515. The van der Waals surface area contributed by atoms with Gasteiger partial charge in [-0.2, -0.15) is 0 Å². The van der Waals surface area contributed by atoms with Crippen molar-refractivity contribution in [2.75, 3.05) is 0 Å². The Hall–Kier alpha value is -1.61. The molecule has 2 aromatic rings. The van der Waals surface area contributed by atoms with Crippen molar-refractivity contribution in [3.8, 4) is 5.75 Å². The molecule has 0 aliphatic carbocycles. The van der Waals surface area contributed by atoms with Crippen molar-refractivity contribution in [2.24, 2.45) is 0 Å². The quantitative estimate of drug-likeness (QED) is 0.726. The van der Waals surface area contributed by atoms with Gasteiger partial charge < -0.3 is 4.74 Å². The highest BCUT2D eigenvalue weighted by Crippen LogP contribution is 2.25. The maximum absolute atomic E-state index is 12.6. The van der Waals surface area contributed by atoms with E-state index < -0.39 is 6.10 Å². The van der Waals surface area contributed by atoms with Gasteiger partial charge in [0.05, 0.1) is 0 Å². The number of hydrogen-bond acceptors (Lipinski definition) is 2. The van der Waals surface area contributed by atoms with E-state index in [1.807, 2.05) is 57.2 Å². The zero-order chi connectivity index (χ0) is 15.6. The summed E-state index contributed by atoms with van der Waals surface area (Å²) in [4.78, 5) is 12.6. The van der Waals surface area contributed by atoms with Crippen LogP contribution in [0.15, 0.2) is 40.9 Å². The standard InChI is InChI=1S/C18H19BrO2/c1-11-5-6-12(2)16(9-11)18(20)14(4)21-17-10-15(19)8-7-13(17)3/h5-10,14H,1-4H3. The van der Waals surface area contributed by atoms with Gasteiger partial charge in [-0.1, -0.05) is 39.7 Å². The third kappa shape index (κ3) is 3.73. The minimum atomic E-state index is -0.515. The molecule has 0 radical (unpaired) electrons. The van der Waals surface area contributed by atoms with Crippen LogP contribution in [0.5, 0.6) is 5.75 Å². The average molecular weight is 347 g/mol. The Morgan fingerprint density at radius 2 is 1.71 bits per heavy atom. The fourth-order valence-corrected chi connectivity index (χ4v) is 2.51. The van der Waals surface area contributed by atoms with Crippen molar-refractivity contribution < 1.29 is 9.53 Å². The van der Waals surface area contributed by atoms with Crippen molar-refractivity contribution in [1.29, 1.82) is 0 Å². The topological polar surface area (TPSA) is 26.3 Å². The third-order valence-electron chi connectivity index (χ3n) is 3.48. The van der Waals surface area contributed by atoms with Gasteiger partial charge in [-0.3, -0.25) is 4.79 Å². The van der Waals surface area contributed by atoms with Crippen LogP contribution in [0.1, 0.15) is 34.0 Å². The van der Waals surface area contributed by atoms with E-state index in [1.165, 1.54) is 0 Å². The highest BCUT2D eigenvalue weighted by atomic mass is 79.9. The second-order valence-corrected chi connectivity index (χ2v) is 6.27. The Morgan fingerprint density at radius 3 is 2.43 bits per heavy atom. The summed E-state index contributed by atoms with van der Waals surface area (Å²) < 4.78 is 6.80. The molecule has 1 unspecified atom stereocenters. The minimum Gasteiger partial charge on any atom is -0.482 e. The zero-order valence-corrected chi connectivity index (χ0v) is 14.3. The fraction of sp³-hybridized carbons (Fsp3) is 0.278. The smallest absolute Gasteiger partial charge is 0.203 e. The van der Waals surface area contributed by atoms with Gasteiger partial charge in [0.1, 0.15) is 5.75 Å². The molecule has 0 N–H and O–H groups in total. The van der Waals surface area contributed by atoms with Crippen molar-refractivity contribution in [3.05, 3.63) is 63.1 Å². The van der Waals surface area contributed by atoms with E-state index in [1.54, 1.807) is 6.92 Å². The molecule has 110 valence electrons. The number of Topliss-reactive ketones (excluding diaryl/α,β-unsaturated/α-hetero) is 1. The molecule has 0 heterocycles. The largest absolute Gasteiger partial charge is 0.482 e. The van der Waals surface area contributed by atoms with Crippen molar-refractivity contribution in [3.63, 3.8) is 0 Å². The van der Waals surface area contributed by atoms with E-state index in [0.29, 0.717) is 0 Å². The average Bonchev–Trinajstić information content (AvgIpc) is 2.44. The Morgan fingerprint density at radius 1 is 1.05 bits per heavy atom. The molecule has 0 saturated carbocycles. The first-order valence-corrected chi connectivity index (χ1v) is 7.72. The molecule has 0 aliphatic heterocycles. The molecule has 0 saturated heterocycles. The second-order valence-electron chi connectivity index (χ2n) is 5.35. The number of aryl methyl sites for hydroxylation is 3. The number of hydrogen-bond donors (Lipinski definition) is 0. The van der Waals surface area contributed by atoms with Crippen LogP contribution in [0.3, 0.4) is 0 Å². The molecule has 0 aliphatic rings. The van der Waals surface area contributed by atoms with Crippen LogP contribution in [-0.4, -0.2) is 11.9 Å². The van der Waals surface area contributed by atoms with Crippen LogP contribution in [0, 0.1) is 20.8 Å². The van der Waals surface area contributed by atoms with Crippen LogP contribution in [-0.2, 0) is 0 Å². The first-order chi connectivity index (χ1) is 9.88. The number of benzene rings is 2. The van der Waals surface area contributed by atoms with E-state index in [0.717, 1.165) is 32.5 Å². The zero-order valence-electron chi connectivity index (χ0n) is 12.7. The number of halogens is 1. The Bertz CT molecular complexity index is 677. The molecule has 0 amide bonds. The molecule has 1 atom stereocenters. The molecule has 0 aromatic heterocycles. The third-order valence-corrected chi connectivity index (χ3v) is 3.97.